The van der Waals surface area contributed by atoms with E-state index in [0.717, 1.165) is 12.1 Å². The maximum absolute atomic E-state index is 14.3. The third-order valence-corrected chi connectivity index (χ3v) is 4.12. The van der Waals surface area contributed by atoms with Crippen LogP contribution in [0.4, 0.5) is 18.9 Å². The Balaban J connectivity index is 2.08. The molecule has 0 radical (unpaired) electrons. The molecule has 0 fully saturated rings. The smallest absolute Gasteiger partial charge is 0.335 e. The van der Waals surface area contributed by atoms with Gasteiger partial charge in [-0.05, 0) is 30.7 Å². The molecule has 0 amide bonds. The lowest BCUT2D eigenvalue weighted by atomic mass is 9.96. The predicted octanol–water partition coefficient (Wildman–Crippen LogP) is 3.86. The molecule has 25 heavy (non-hydrogen) atoms. The van der Waals surface area contributed by atoms with E-state index in [1.165, 1.54) is 23.2 Å². The number of rotatable bonds is 3. The third-order valence-electron chi connectivity index (χ3n) is 3.83. The number of ether oxygens (including phenoxy) is 1. The summed E-state index contributed by atoms with van der Waals surface area (Å²) in [5, 5.41) is 2.49. The van der Waals surface area contributed by atoms with Gasteiger partial charge in [-0.2, -0.15) is 0 Å². The first-order chi connectivity index (χ1) is 11.9. The van der Waals surface area contributed by atoms with Gasteiger partial charge in [-0.25, -0.2) is 18.0 Å². The molecule has 0 spiro atoms. The van der Waals surface area contributed by atoms with E-state index in [1.54, 1.807) is 6.92 Å². The highest BCUT2D eigenvalue weighted by atomic mass is 35.5. The molecule has 132 valence electrons. The minimum Gasteiger partial charge on any atom is -0.463 e. The van der Waals surface area contributed by atoms with E-state index in [2.05, 4.69) is 5.32 Å². The minimum absolute atomic E-state index is 0.0121. The number of halogens is 4. The fraction of sp³-hybridized carbons (Fsp3) is 0.235. The minimum atomic E-state index is -0.825. The number of hydrogen-bond acceptors (Lipinski definition) is 4. The summed E-state index contributed by atoms with van der Waals surface area (Å²) in [7, 11) is 0. The van der Waals surface area contributed by atoms with Crippen molar-refractivity contribution in [3.05, 3.63) is 64.2 Å². The summed E-state index contributed by atoms with van der Waals surface area (Å²) in [6, 6.07) is 3.05. The van der Waals surface area contributed by atoms with Crippen LogP contribution in [0.2, 0.25) is 0 Å². The van der Waals surface area contributed by atoms with Gasteiger partial charge in [-0.1, -0.05) is 11.6 Å². The lowest BCUT2D eigenvalue weighted by Crippen LogP contribution is -2.48. The zero-order valence-corrected chi connectivity index (χ0v) is 13.9. The Kier molecular flexibility index (Phi) is 4.76. The molecular formula is C17H14ClF3N2O2. The summed E-state index contributed by atoms with van der Waals surface area (Å²) in [6.07, 6.45) is 2.01. The monoisotopic (exact) mass is 370 g/mol. The number of esters is 1. The van der Waals surface area contributed by atoms with Crippen LogP contribution in [0.3, 0.4) is 0 Å². The molecule has 8 heteroatoms. The largest absolute Gasteiger partial charge is 0.463 e. The van der Waals surface area contributed by atoms with Crippen molar-refractivity contribution in [2.75, 3.05) is 11.5 Å². The molecule has 2 aliphatic heterocycles. The number of hydrogen-bond donors (Lipinski definition) is 1. The van der Waals surface area contributed by atoms with E-state index in [-0.39, 0.29) is 29.4 Å². The lowest BCUT2D eigenvalue weighted by Gasteiger charge is -2.39. The van der Waals surface area contributed by atoms with E-state index in [0.29, 0.717) is 5.57 Å². The molecule has 0 saturated heterocycles. The number of nitrogens with one attached hydrogen (secondary N) is 1. The van der Waals surface area contributed by atoms with Crippen LogP contribution in [0.1, 0.15) is 13.3 Å². The Morgan fingerprint density at radius 3 is 2.84 bits per heavy atom. The highest BCUT2D eigenvalue weighted by Crippen LogP contribution is 2.35. The summed E-state index contributed by atoms with van der Waals surface area (Å²) >= 11 is 5.81. The van der Waals surface area contributed by atoms with E-state index in [1.807, 2.05) is 0 Å². The molecule has 1 aromatic rings. The zero-order chi connectivity index (χ0) is 18.1. The lowest BCUT2D eigenvalue weighted by molar-refractivity contribution is -0.138. The van der Waals surface area contributed by atoms with Gasteiger partial charge in [0.15, 0.2) is 5.83 Å². The van der Waals surface area contributed by atoms with Crippen molar-refractivity contribution in [1.82, 2.24) is 5.32 Å². The molecule has 0 aromatic heterocycles. The second-order valence-electron chi connectivity index (χ2n) is 5.48. The van der Waals surface area contributed by atoms with Crippen LogP contribution in [-0.4, -0.2) is 18.7 Å². The highest BCUT2D eigenvalue weighted by molar-refractivity contribution is 6.29. The van der Waals surface area contributed by atoms with Gasteiger partial charge in [0.2, 0.25) is 0 Å². The van der Waals surface area contributed by atoms with Gasteiger partial charge in [0.1, 0.15) is 23.0 Å². The molecule has 1 atom stereocenters. The van der Waals surface area contributed by atoms with Crippen molar-refractivity contribution in [1.29, 1.82) is 0 Å². The summed E-state index contributed by atoms with van der Waals surface area (Å²) in [6.45, 7) is 1.83. The molecule has 1 unspecified atom stereocenters. The molecule has 1 aromatic carbocycles. The number of anilines is 1. The van der Waals surface area contributed by atoms with Crippen molar-refractivity contribution in [3.8, 4) is 0 Å². The number of fused-ring (bicyclic) bond motifs is 1. The standard InChI is InChI=1S/C17H14ClF3N2O2/c1-2-25-17(24)10-5-9-6-13(21)15(18)22-16(9)23(8-10)14-4-3-11(19)7-12(14)20/h3-4,6-8,16,22H,2,5H2,1H3. The normalized spacial score (nSPS) is 19.7. The van der Waals surface area contributed by atoms with Gasteiger partial charge in [-0.15, -0.1) is 0 Å². The van der Waals surface area contributed by atoms with Gasteiger partial charge in [-0.3, -0.25) is 0 Å². The van der Waals surface area contributed by atoms with E-state index < -0.39 is 29.6 Å². The summed E-state index contributed by atoms with van der Waals surface area (Å²) in [5.74, 6) is -2.83. The molecule has 4 nitrogen and oxygen atoms in total. The van der Waals surface area contributed by atoms with Gasteiger partial charge in [0.05, 0.1) is 17.9 Å². The van der Waals surface area contributed by atoms with Crippen molar-refractivity contribution in [2.24, 2.45) is 0 Å². The molecular weight excluding hydrogens is 357 g/mol. The number of allylic oxidation sites excluding steroid dienone is 2. The zero-order valence-electron chi connectivity index (χ0n) is 13.2. The van der Waals surface area contributed by atoms with Crippen molar-refractivity contribution < 1.29 is 22.7 Å². The van der Waals surface area contributed by atoms with Crippen LogP contribution in [0.15, 0.2) is 52.6 Å². The summed E-state index contributed by atoms with van der Waals surface area (Å²) in [5.41, 5.74) is 0.704. The molecule has 2 aliphatic rings. The van der Waals surface area contributed by atoms with Crippen LogP contribution in [0.25, 0.3) is 0 Å². The molecule has 2 heterocycles. The van der Waals surface area contributed by atoms with Crippen LogP contribution >= 0.6 is 11.6 Å². The topological polar surface area (TPSA) is 41.6 Å². The fourth-order valence-corrected chi connectivity index (χ4v) is 2.90. The van der Waals surface area contributed by atoms with Crippen molar-refractivity contribution >= 4 is 23.3 Å². The molecule has 1 N–H and O–H groups in total. The number of carbonyl (C=O) groups is 1. The van der Waals surface area contributed by atoms with Crippen molar-refractivity contribution in [2.45, 2.75) is 19.5 Å². The van der Waals surface area contributed by atoms with E-state index in [4.69, 9.17) is 16.3 Å². The fourth-order valence-electron chi connectivity index (χ4n) is 2.74. The summed E-state index contributed by atoms with van der Waals surface area (Å²) in [4.78, 5) is 13.5. The van der Waals surface area contributed by atoms with Gasteiger partial charge in [0, 0.05) is 18.7 Å². The Labute approximate surface area is 147 Å². The maximum atomic E-state index is 14.3. The molecule has 3 rings (SSSR count). The van der Waals surface area contributed by atoms with Gasteiger partial charge >= 0.3 is 5.97 Å². The summed E-state index contributed by atoms with van der Waals surface area (Å²) < 4.78 is 46.3. The Morgan fingerprint density at radius 2 is 2.16 bits per heavy atom. The number of carbonyl (C=O) groups excluding carboxylic acids is 1. The quantitative estimate of drug-likeness (QED) is 0.648. The first-order valence-corrected chi connectivity index (χ1v) is 7.92. The predicted molar refractivity (Wildman–Crippen MR) is 87.2 cm³/mol. The van der Waals surface area contributed by atoms with E-state index >= 15 is 0 Å². The number of nitrogens with zero attached hydrogens (tertiary/aromatic N) is 1. The number of benzene rings is 1. The average Bonchev–Trinajstić information content (AvgIpc) is 2.55. The average molecular weight is 371 g/mol. The SMILES string of the molecule is CCOC(=O)C1=CN(c2ccc(F)cc2F)C2NC(Cl)=C(F)C=C2C1. The number of dihydropyridines is 1. The van der Waals surface area contributed by atoms with Crippen molar-refractivity contribution in [3.63, 3.8) is 0 Å². The molecule has 0 aliphatic carbocycles. The Morgan fingerprint density at radius 1 is 1.40 bits per heavy atom. The van der Waals surface area contributed by atoms with Gasteiger partial charge < -0.3 is 15.0 Å². The van der Waals surface area contributed by atoms with E-state index in [9.17, 15) is 18.0 Å². The second-order valence-corrected chi connectivity index (χ2v) is 5.86. The molecule has 0 saturated carbocycles. The Hall–Kier alpha value is -2.41. The second kappa shape index (κ2) is 6.84. The maximum Gasteiger partial charge on any atom is 0.335 e. The van der Waals surface area contributed by atoms with Crippen LogP contribution in [0, 0.1) is 11.6 Å². The third kappa shape index (κ3) is 3.37. The van der Waals surface area contributed by atoms with Crippen LogP contribution in [-0.2, 0) is 9.53 Å². The first-order valence-electron chi connectivity index (χ1n) is 7.54. The van der Waals surface area contributed by atoms with Gasteiger partial charge in [0.25, 0.3) is 0 Å². The molecule has 0 bridgehead atoms. The first kappa shape index (κ1) is 17.4. The highest BCUT2D eigenvalue weighted by Gasteiger charge is 2.34. The van der Waals surface area contributed by atoms with Crippen LogP contribution < -0.4 is 10.2 Å². The Bertz CT molecular complexity index is 820. The van der Waals surface area contributed by atoms with Crippen LogP contribution in [0.5, 0.6) is 0 Å².